The molecule has 1 aromatic heterocycles. The number of carbonyl (C=O) groups is 2. The van der Waals surface area contributed by atoms with E-state index >= 15 is 0 Å². The third-order valence-corrected chi connectivity index (χ3v) is 5.09. The molecule has 0 aliphatic heterocycles. The van der Waals surface area contributed by atoms with E-state index in [4.69, 9.17) is 17.0 Å². The maximum atomic E-state index is 13.5. The van der Waals surface area contributed by atoms with Crippen molar-refractivity contribution < 1.29 is 26.6 Å². The molecule has 0 atom stereocenters. The lowest BCUT2D eigenvalue weighted by Gasteiger charge is -2.28. The highest BCUT2D eigenvalue weighted by Crippen LogP contribution is 2.24. The number of hydrogen-bond acceptors (Lipinski definition) is 4. The van der Waals surface area contributed by atoms with Crippen molar-refractivity contribution in [2.24, 2.45) is 0 Å². The molecular formula is C27H31NO5. The Morgan fingerprint density at radius 3 is 2.45 bits per heavy atom. The van der Waals surface area contributed by atoms with Gasteiger partial charge in [0.05, 0.1) is 15.6 Å². The minimum Gasteiger partial charge on any atom is -0.493 e. The van der Waals surface area contributed by atoms with E-state index in [0.717, 1.165) is 5.56 Å². The predicted octanol–water partition coefficient (Wildman–Crippen LogP) is 6.02. The van der Waals surface area contributed by atoms with Crippen molar-refractivity contribution in [1.82, 2.24) is 4.90 Å². The van der Waals surface area contributed by atoms with Crippen LogP contribution in [0.3, 0.4) is 0 Å². The highest BCUT2D eigenvalue weighted by Gasteiger charge is 2.21. The molecule has 174 valence electrons. The largest absolute Gasteiger partial charge is 0.493 e. The summed E-state index contributed by atoms with van der Waals surface area (Å²) in [6.45, 7) is 1.75. The van der Waals surface area contributed by atoms with Crippen LogP contribution >= 0.6 is 0 Å². The molecule has 0 spiro atoms. The number of carbonyl (C=O) groups excluding carboxylic acids is 1. The average Bonchev–Trinajstić information content (AvgIpc) is 3.36. The fourth-order valence-electron chi connectivity index (χ4n) is 3.33. The number of para-hydroxylation sites is 1. The topological polar surface area (TPSA) is 80.0 Å². The Hall–Kier alpha value is -3.54. The normalized spacial score (nSPS) is 12.2. The van der Waals surface area contributed by atoms with E-state index < -0.39 is 24.4 Å². The molecular weight excluding hydrogens is 418 g/mol. The number of nitrogens with zero attached hydrogens (tertiary/aromatic N) is 1. The van der Waals surface area contributed by atoms with Crippen LogP contribution in [0.1, 0.15) is 58.2 Å². The Bertz CT molecular complexity index is 1110. The molecule has 1 amide bonds. The highest BCUT2D eigenvalue weighted by molar-refractivity contribution is 5.94. The average molecular weight is 452 g/mol. The Kier molecular flexibility index (Phi) is 7.69. The van der Waals surface area contributed by atoms with Crippen molar-refractivity contribution in [3.8, 4) is 17.1 Å². The van der Waals surface area contributed by atoms with Gasteiger partial charge in [0.25, 0.3) is 5.91 Å². The summed E-state index contributed by atoms with van der Waals surface area (Å²) < 4.78 is 29.1. The van der Waals surface area contributed by atoms with Gasteiger partial charge in [-0.25, -0.2) is 0 Å². The second-order valence-corrected chi connectivity index (χ2v) is 7.98. The lowest BCUT2D eigenvalue weighted by atomic mass is 10.1. The second kappa shape index (κ2) is 11.9. The summed E-state index contributed by atoms with van der Waals surface area (Å²) in [6, 6.07) is 16.9. The third-order valence-electron chi connectivity index (χ3n) is 5.09. The van der Waals surface area contributed by atoms with E-state index in [0.29, 0.717) is 42.9 Å². The molecule has 6 nitrogen and oxygen atoms in total. The van der Waals surface area contributed by atoms with Gasteiger partial charge in [0, 0.05) is 35.6 Å². The molecule has 33 heavy (non-hydrogen) atoms. The van der Waals surface area contributed by atoms with Crippen LogP contribution in [0.2, 0.25) is 0 Å². The minimum atomic E-state index is -2.13. The number of aliphatic carboxylic acids is 1. The molecule has 0 saturated carbocycles. The van der Waals surface area contributed by atoms with Crippen molar-refractivity contribution in [1.29, 1.82) is 0 Å². The maximum absolute atomic E-state index is 13.5. The van der Waals surface area contributed by atoms with Gasteiger partial charge >= 0.3 is 5.97 Å². The first kappa shape index (κ1) is 21.3. The van der Waals surface area contributed by atoms with E-state index in [1.165, 1.54) is 4.90 Å². The van der Waals surface area contributed by atoms with E-state index in [1.807, 2.05) is 6.07 Å². The van der Waals surface area contributed by atoms with Crippen LogP contribution in [-0.2, 0) is 11.3 Å². The van der Waals surface area contributed by atoms with Crippen LogP contribution < -0.4 is 4.74 Å². The maximum Gasteiger partial charge on any atom is 0.303 e. The highest BCUT2D eigenvalue weighted by atomic mass is 16.5. The van der Waals surface area contributed by atoms with Gasteiger partial charge in [-0.1, -0.05) is 30.3 Å². The van der Waals surface area contributed by atoms with Gasteiger partial charge in [0.1, 0.15) is 11.5 Å². The smallest absolute Gasteiger partial charge is 0.303 e. The molecule has 0 unspecified atom stereocenters. The standard InChI is InChI=1S/C27H31NO5/c1-20(2)28(27(31)22-15-13-21(14-16-22)24-11-8-18-33-24)19-23-9-5-6-10-25(23)32-17-7-3-4-12-26(29)30/h5-6,8-11,13-16,18,20H,3-4,7,12,17,19H2,1-2H3,(H,29,30)/i19D2. The van der Waals surface area contributed by atoms with Crippen molar-refractivity contribution in [3.05, 3.63) is 78.1 Å². The molecule has 1 N–H and O–H groups in total. The van der Waals surface area contributed by atoms with Crippen molar-refractivity contribution in [3.63, 3.8) is 0 Å². The summed E-state index contributed by atoms with van der Waals surface area (Å²) >= 11 is 0. The quantitative estimate of drug-likeness (QED) is 0.341. The number of rotatable bonds is 12. The van der Waals surface area contributed by atoms with Gasteiger partial charge in [-0.15, -0.1) is 0 Å². The Labute approximate surface area is 197 Å². The van der Waals surface area contributed by atoms with Gasteiger partial charge in [0.2, 0.25) is 0 Å². The predicted molar refractivity (Wildman–Crippen MR) is 127 cm³/mol. The van der Waals surface area contributed by atoms with Crippen LogP contribution in [-0.4, -0.2) is 34.5 Å². The summed E-state index contributed by atoms with van der Waals surface area (Å²) in [6.07, 6.45) is 3.62. The zero-order valence-corrected chi connectivity index (χ0v) is 19.0. The number of hydrogen-bond donors (Lipinski definition) is 1. The number of unbranched alkanes of at least 4 members (excludes halogenated alkanes) is 2. The van der Waals surface area contributed by atoms with Crippen LogP contribution in [0.5, 0.6) is 5.75 Å². The SMILES string of the molecule is [2H]C([2H])(c1ccccc1OCCCCCC(=O)O)N(C(=O)c1ccc(-c2ccco2)cc1)C(C)C. The van der Waals surface area contributed by atoms with Crippen LogP contribution in [0.15, 0.2) is 71.3 Å². The van der Waals surface area contributed by atoms with Crippen LogP contribution in [0.4, 0.5) is 0 Å². The zero-order chi connectivity index (χ0) is 25.4. The molecule has 0 fully saturated rings. The van der Waals surface area contributed by atoms with Crippen molar-refractivity contribution >= 4 is 11.9 Å². The van der Waals surface area contributed by atoms with Gasteiger partial charge < -0.3 is 19.2 Å². The molecule has 2 aromatic carbocycles. The Morgan fingerprint density at radius 2 is 1.79 bits per heavy atom. The lowest BCUT2D eigenvalue weighted by Crippen LogP contribution is -2.36. The molecule has 0 radical (unpaired) electrons. The summed E-state index contributed by atoms with van der Waals surface area (Å²) in [5, 5.41) is 8.75. The molecule has 0 bridgehead atoms. The van der Waals surface area contributed by atoms with E-state index in [1.54, 1.807) is 74.7 Å². The number of furan rings is 1. The molecule has 3 aromatic rings. The Morgan fingerprint density at radius 1 is 1.03 bits per heavy atom. The van der Waals surface area contributed by atoms with Crippen molar-refractivity contribution in [2.75, 3.05) is 6.61 Å². The van der Waals surface area contributed by atoms with E-state index in [2.05, 4.69) is 0 Å². The first-order valence-electron chi connectivity index (χ1n) is 12.1. The number of carboxylic acids is 1. The van der Waals surface area contributed by atoms with Crippen molar-refractivity contribution in [2.45, 2.75) is 52.1 Å². The molecule has 6 heteroatoms. The number of carboxylic acid groups (broad SMARTS) is 1. The number of benzene rings is 2. The lowest BCUT2D eigenvalue weighted by molar-refractivity contribution is -0.137. The summed E-state index contributed by atoms with van der Waals surface area (Å²) in [5.74, 6) is -0.200. The monoisotopic (exact) mass is 451 g/mol. The molecule has 3 rings (SSSR count). The van der Waals surface area contributed by atoms with E-state index in [9.17, 15) is 9.59 Å². The second-order valence-electron chi connectivity index (χ2n) is 7.98. The zero-order valence-electron chi connectivity index (χ0n) is 21.0. The van der Waals surface area contributed by atoms with Gasteiger partial charge in [-0.05, 0) is 63.4 Å². The third kappa shape index (κ3) is 6.97. The first-order valence-corrected chi connectivity index (χ1v) is 11.1. The van der Waals surface area contributed by atoms with Crippen LogP contribution in [0.25, 0.3) is 11.3 Å². The van der Waals surface area contributed by atoms with Gasteiger partial charge in [-0.2, -0.15) is 0 Å². The summed E-state index contributed by atoms with van der Waals surface area (Å²) in [7, 11) is 0. The molecule has 1 heterocycles. The van der Waals surface area contributed by atoms with Crippen LogP contribution in [0, 0.1) is 0 Å². The fraction of sp³-hybridized carbons (Fsp3) is 0.333. The molecule has 0 saturated heterocycles. The Balaban J connectivity index is 1.78. The van der Waals surface area contributed by atoms with Gasteiger partial charge in [0.15, 0.2) is 0 Å². The summed E-state index contributed by atoms with van der Waals surface area (Å²) in [5.41, 5.74) is 1.46. The fourth-order valence-corrected chi connectivity index (χ4v) is 3.33. The number of ether oxygens (including phenoxy) is 1. The summed E-state index contributed by atoms with van der Waals surface area (Å²) in [4.78, 5) is 25.3. The van der Waals surface area contributed by atoms with E-state index in [-0.39, 0.29) is 12.0 Å². The molecule has 0 aliphatic carbocycles. The number of amides is 1. The first-order chi connectivity index (χ1) is 16.7. The molecule has 0 aliphatic rings. The van der Waals surface area contributed by atoms with Gasteiger partial charge in [-0.3, -0.25) is 9.59 Å². The minimum absolute atomic E-state index is 0.118.